The molecule has 3 heteroatoms. The summed E-state index contributed by atoms with van der Waals surface area (Å²) < 4.78 is 5.43. The van der Waals surface area contributed by atoms with Crippen LogP contribution >= 0.6 is 0 Å². The zero-order valence-corrected chi connectivity index (χ0v) is 17.9. The van der Waals surface area contributed by atoms with Gasteiger partial charge < -0.3 is 4.74 Å². The number of Topliss-reactive ketones (excluding diaryl/α,β-unsaturated/α-hetero) is 1. The van der Waals surface area contributed by atoms with Crippen molar-refractivity contribution >= 4 is 5.78 Å². The molecule has 0 N–H and O–H groups in total. The predicted octanol–water partition coefficient (Wildman–Crippen LogP) is 5.15. The van der Waals surface area contributed by atoms with Gasteiger partial charge in [0, 0.05) is 5.56 Å². The van der Waals surface area contributed by atoms with Crippen LogP contribution in [0.25, 0.3) is 0 Å². The molecule has 150 valence electrons. The maximum atomic E-state index is 13.1. The number of methoxy groups -OCH3 is 1. The van der Waals surface area contributed by atoms with Crippen LogP contribution < -0.4 is 4.74 Å². The minimum atomic E-state index is -0.0764. The Morgan fingerprint density at radius 3 is 2.18 bits per heavy atom. The van der Waals surface area contributed by atoms with Crippen LogP contribution in [0.1, 0.15) is 52.4 Å². The Labute approximate surface area is 169 Å². The van der Waals surface area contributed by atoms with Gasteiger partial charge in [-0.2, -0.15) is 0 Å². The average Bonchev–Trinajstić information content (AvgIpc) is 2.69. The topological polar surface area (TPSA) is 29.5 Å². The molecule has 1 unspecified atom stereocenters. The Balaban J connectivity index is 1.59. The Morgan fingerprint density at radius 2 is 1.64 bits per heavy atom. The molecule has 0 radical (unpaired) electrons. The number of benzene rings is 2. The normalized spacial score (nSPS) is 16.8. The van der Waals surface area contributed by atoms with Gasteiger partial charge in [0.2, 0.25) is 0 Å². The Kier molecular flexibility index (Phi) is 6.56. The van der Waals surface area contributed by atoms with E-state index in [9.17, 15) is 4.79 Å². The van der Waals surface area contributed by atoms with Gasteiger partial charge in [-0.15, -0.1) is 0 Å². The molecule has 1 fully saturated rings. The molecule has 2 aromatic carbocycles. The van der Waals surface area contributed by atoms with E-state index in [-0.39, 0.29) is 11.8 Å². The third kappa shape index (κ3) is 4.64. The molecule has 3 rings (SSSR count). The molecule has 1 aliphatic heterocycles. The molecule has 2 aromatic rings. The van der Waals surface area contributed by atoms with E-state index in [1.54, 1.807) is 7.11 Å². The van der Waals surface area contributed by atoms with Crippen LogP contribution in [0.3, 0.4) is 0 Å². The molecule has 3 nitrogen and oxygen atoms in total. The van der Waals surface area contributed by atoms with Crippen LogP contribution in [0.2, 0.25) is 0 Å². The van der Waals surface area contributed by atoms with E-state index in [1.165, 1.54) is 11.1 Å². The number of aryl methyl sites for hydroxylation is 3. The number of carbonyl (C=O) groups excluding carboxylic acids is 1. The van der Waals surface area contributed by atoms with Crippen molar-refractivity contribution in [2.24, 2.45) is 5.92 Å². The molecule has 0 aromatic heterocycles. The van der Waals surface area contributed by atoms with Crippen LogP contribution in [0.15, 0.2) is 36.4 Å². The molecule has 0 spiro atoms. The van der Waals surface area contributed by atoms with Gasteiger partial charge in [-0.05, 0) is 94.8 Å². The summed E-state index contributed by atoms with van der Waals surface area (Å²) >= 11 is 0. The van der Waals surface area contributed by atoms with E-state index in [2.05, 4.69) is 43.0 Å². The van der Waals surface area contributed by atoms with E-state index >= 15 is 0 Å². The van der Waals surface area contributed by atoms with Crippen molar-refractivity contribution in [1.82, 2.24) is 4.90 Å². The summed E-state index contributed by atoms with van der Waals surface area (Å²) in [6.07, 6.45) is 3.46. The molecule has 1 aliphatic rings. The van der Waals surface area contributed by atoms with Crippen LogP contribution in [0.4, 0.5) is 0 Å². The summed E-state index contributed by atoms with van der Waals surface area (Å²) in [4.78, 5) is 15.4. The molecule has 1 atom stereocenters. The zero-order chi connectivity index (χ0) is 20.3. The second-order valence-electron chi connectivity index (χ2n) is 8.35. The highest BCUT2D eigenvalue weighted by Gasteiger charge is 2.27. The summed E-state index contributed by atoms with van der Waals surface area (Å²) in [7, 11) is 1.68. The minimum absolute atomic E-state index is 0.0764. The minimum Gasteiger partial charge on any atom is -0.496 e. The van der Waals surface area contributed by atoms with Gasteiger partial charge in [0.1, 0.15) is 5.75 Å². The van der Waals surface area contributed by atoms with Crippen molar-refractivity contribution in [2.75, 3.05) is 20.2 Å². The van der Waals surface area contributed by atoms with Gasteiger partial charge in [-0.1, -0.05) is 29.8 Å². The predicted molar refractivity (Wildman–Crippen MR) is 115 cm³/mol. The molecule has 0 aliphatic carbocycles. The highest BCUT2D eigenvalue weighted by atomic mass is 16.5. The van der Waals surface area contributed by atoms with E-state index in [1.807, 2.05) is 26.0 Å². The van der Waals surface area contributed by atoms with E-state index in [0.29, 0.717) is 5.92 Å². The lowest BCUT2D eigenvalue weighted by molar-refractivity contribution is 0.0771. The number of rotatable bonds is 6. The monoisotopic (exact) mass is 379 g/mol. The average molecular weight is 380 g/mol. The molecule has 1 saturated heterocycles. The van der Waals surface area contributed by atoms with Gasteiger partial charge in [-0.25, -0.2) is 0 Å². The number of nitrogens with zero attached hydrogens (tertiary/aromatic N) is 1. The Morgan fingerprint density at radius 1 is 1.07 bits per heavy atom. The van der Waals surface area contributed by atoms with Gasteiger partial charge in [0.25, 0.3) is 0 Å². The summed E-state index contributed by atoms with van der Waals surface area (Å²) in [6, 6.07) is 12.8. The van der Waals surface area contributed by atoms with Crippen molar-refractivity contribution in [3.8, 4) is 5.75 Å². The quantitative estimate of drug-likeness (QED) is 0.650. The van der Waals surface area contributed by atoms with Crippen molar-refractivity contribution in [1.29, 1.82) is 0 Å². The van der Waals surface area contributed by atoms with E-state index in [0.717, 1.165) is 54.8 Å². The smallest absolute Gasteiger partial charge is 0.179 e. The van der Waals surface area contributed by atoms with E-state index < -0.39 is 0 Å². The Hall–Kier alpha value is -2.13. The molecule has 1 heterocycles. The molecule has 28 heavy (non-hydrogen) atoms. The third-order valence-electron chi connectivity index (χ3n) is 6.17. The fourth-order valence-corrected chi connectivity index (χ4v) is 4.42. The summed E-state index contributed by atoms with van der Waals surface area (Å²) in [5, 5.41) is 0. The number of ether oxygens (including phenoxy) is 1. The van der Waals surface area contributed by atoms with Crippen LogP contribution in [-0.2, 0) is 6.42 Å². The second kappa shape index (κ2) is 8.91. The zero-order valence-electron chi connectivity index (χ0n) is 17.9. The first-order chi connectivity index (χ1) is 13.4. The fourth-order valence-electron chi connectivity index (χ4n) is 4.42. The first-order valence-electron chi connectivity index (χ1n) is 10.4. The third-order valence-corrected chi connectivity index (χ3v) is 6.17. The lowest BCUT2D eigenvalue weighted by Crippen LogP contribution is -2.44. The Bertz CT molecular complexity index is 794. The van der Waals surface area contributed by atoms with Gasteiger partial charge >= 0.3 is 0 Å². The first-order valence-corrected chi connectivity index (χ1v) is 10.4. The highest BCUT2D eigenvalue weighted by molar-refractivity contribution is 6.00. The SMILES string of the molecule is COc1c(C)cc(C(=O)C(C)N2CCC(Cc3ccc(C)cc3)CC2)cc1C. The molecular formula is C25H33NO2. The van der Waals surface area contributed by atoms with Crippen LogP contribution in [-0.4, -0.2) is 36.9 Å². The molecular weight excluding hydrogens is 346 g/mol. The number of ketones is 1. The maximum Gasteiger partial charge on any atom is 0.179 e. The number of likely N-dealkylation sites (tertiary alicyclic amines) is 1. The summed E-state index contributed by atoms with van der Waals surface area (Å²) in [6.45, 7) is 10.2. The van der Waals surface area contributed by atoms with Crippen LogP contribution in [0.5, 0.6) is 5.75 Å². The number of hydrogen-bond acceptors (Lipinski definition) is 3. The molecule has 0 saturated carbocycles. The second-order valence-corrected chi connectivity index (χ2v) is 8.35. The van der Waals surface area contributed by atoms with E-state index in [4.69, 9.17) is 4.74 Å². The molecule has 0 amide bonds. The maximum absolute atomic E-state index is 13.1. The van der Waals surface area contributed by atoms with Crippen molar-refractivity contribution in [3.63, 3.8) is 0 Å². The van der Waals surface area contributed by atoms with Gasteiger partial charge in [0.05, 0.1) is 13.2 Å². The standard InChI is InChI=1S/C25H33NO2/c1-17-6-8-21(9-7-17)16-22-10-12-26(13-11-22)20(4)24(27)23-14-18(2)25(28-5)19(3)15-23/h6-9,14-15,20,22H,10-13,16H2,1-5H3. The summed E-state index contributed by atoms with van der Waals surface area (Å²) in [5.74, 6) is 1.80. The van der Waals surface area contributed by atoms with Crippen molar-refractivity contribution in [3.05, 3.63) is 64.2 Å². The largest absolute Gasteiger partial charge is 0.496 e. The summed E-state index contributed by atoms with van der Waals surface area (Å²) in [5.41, 5.74) is 5.59. The molecule has 0 bridgehead atoms. The lowest BCUT2D eigenvalue weighted by atomic mass is 9.88. The highest BCUT2D eigenvalue weighted by Crippen LogP contribution is 2.27. The van der Waals surface area contributed by atoms with Crippen LogP contribution in [0, 0.1) is 26.7 Å². The van der Waals surface area contributed by atoms with Gasteiger partial charge in [-0.3, -0.25) is 9.69 Å². The fraction of sp³-hybridized carbons (Fsp3) is 0.480. The van der Waals surface area contributed by atoms with Gasteiger partial charge in [0.15, 0.2) is 5.78 Å². The first kappa shape index (κ1) is 20.6. The lowest BCUT2D eigenvalue weighted by Gasteiger charge is -2.35. The number of carbonyl (C=O) groups is 1. The number of hydrogen-bond donors (Lipinski definition) is 0. The number of piperidine rings is 1. The van der Waals surface area contributed by atoms with Crippen molar-refractivity contribution in [2.45, 2.75) is 53.0 Å². The van der Waals surface area contributed by atoms with Crippen molar-refractivity contribution < 1.29 is 9.53 Å².